The maximum Gasteiger partial charge on any atom is 0.305 e. The molecule has 1 unspecified atom stereocenters. The molecule has 0 fully saturated rings. The molecule has 0 saturated carbocycles. The summed E-state index contributed by atoms with van der Waals surface area (Å²) in [7, 11) is 0. The van der Waals surface area contributed by atoms with Gasteiger partial charge in [-0.25, -0.2) is 9.67 Å². The van der Waals surface area contributed by atoms with Crippen LogP contribution >= 0.6 is 11.8 Å². The lowest BCUT2D eigenvalue weighted by Gasteiger charge is -2.10. The van der Waals surface area contributed by atoms with Crippen molar-refractivity contribution in [1.29, 1.82) is 0 Å². The van der Waals surface area contributed by atoms with Gasteiger partial charge in [-0.2, -0.15) is 5.10 Å². The van der Waals surface area contributed by atoms with Crippen molar-refractivity contribution in [2.75, 3.05) is 5.75 Å². The Morgan fingerprint density at radius 2 is 2.13 bits per heavy atom. The molecule has 23 heavy (non-hydrogen) atoms. The quantitative estimate of drug-likeness (QED) is 0.736. The zero-order chi connectivity index (χ0) is 16.0. The summed E-state index contributed by atoms with van der Waals surface area (Å²) in [6.07, 6.45) is 1.41. The van der Waals surface area contributed by atoms with Crippen LogP contribution in [-0.4, -0.2) is 36.2 Å². The van der Waals surface area contributed by atoms with Crippen LogP contribution in [0.15, 0.2) is 46.5 Å². The lowest BCUT2D eigenvalue weighted by molar-refractivity contribution is -0.137. The van der Waals surface area contributed by atoms with Crippen molar-refractivity contribution >= 4 is 28.8 Å². The summed E-state index contributed by atoms with van der Waals surface area (Å²) in [4.78, 5) is 28.2. The van der Waals surface area contributed by atoms with E-state index in [0.717, 1.165) is 5.69 Å². The summed E-state index contributed by atoms with van der Waals surface area (Å²) < 4.78 is 3.11. The molecule has 1 N–H and O–H groups in total. The van der Waals surface area contributed by atoms with Crippen LogP contribution in [0.5, 0.6) is 0 Å². The SMILES string of the molecule is O=C(O)CC1CSc2nc3c(cnn3-c3ccccc3)c(=O)n21. The van der Waals surface area contributed by atoms with Crippen molar-refractivity contribution in [1.82, 2.24) is 19.3 Å². The second kappa shape index (κ2) is 5.24. The molecule has 7 nitrogen and oxygen atoms in total. The minimum atomic E-state index is -0.921. The van der Waals surface area contributed by atoms with Gasteiger partial charge in [0.25, 0.3) is 5.56 Å². The van der Waals surface area contributed by atoms with E-state index >= 15 is 0 Å². The van der Waals surface area contributed by atoms with Gasteiger partial charge in [0.15, 0.2) is 10.8 Å². The van der Waals surface area contributed by atoms with Crippen LogP contribution in [0.1, 0.15) is 12.5 Å². The van der Waals surface area contributed by atoms with E-state index < -0.39 is 5.97 Å². The number of carbonyl (C=O) groups is 1. The molecule has 1 aromatic carbocycles. The summed E-state index contributed by atoms with van der Waals surface area (Å²) in [6.45, 7) is 0. The van der Waals surface area contributed by atoms with Gasteiger partial charge in [-0.15, -0.1) is 0 Å². The zero-order valence-corrected chi connectivity index (χ0v) is 12.7. The summed E-state index contributed by atoms with van der Waals surface area (Å²) in [6, 6.07) is 9.10. The second-order valence-electron chi connectivity index (χ2n) is 5.26. The Labute approximate surface area is 134 Å². The van der Waals surface area contributed by atoms with E-state index in [4.69, 9.17) is 5.11 Å². The third kappa shape index (κ3) is 2.22. The number of thioether (sulfide) groups is 1. The molecule has 116 valence electrons. The van der Waals surface area contributed by atoms with Gasteiger partial charge in [-0.1, -0.05) is 30.0 Å². The average Bonchev–Trinajstić information content (AvgIpc) is 3.13. The first-order valence-corrected chi connectivity index (χ1v) is 8.04. The van der Waals surface area contributed by atoms with Gasteiger partial charge in [-0.3, -0.25) is 14.2 Å². The predicted molar refractivity (Wildman–Crippen MR) is 85.1 cm³/mol. The molecule has 0 radical (unpaired) electrons. The van der Waals surface area contributed by atoms with E-state index in [1.54, 1.807) is 4.68 Å². The van der Waals surface area contributed by atoms with Gasteiger partial charge in [-0.05, 0) is 12.1 Å². The topological polar surface area (TPSA) is 90.0 Å². The molecule has 0 aliphatic carbocycles. The minimum Gasteiger partial charge on any atom is -0.481 e. The van der Waals surface area contributed by atoms with E-state index in [-0.39, 0.29) is 18.0 Å². The standard InChI is InChI=1S/C15H12N4O3S/c20-12(21)6-10-8-23-15-17-13-11(14(22)18(10)15)7-16-19(13)9-4-2-1-3-5-9/h1-5,7,10H,6,8H2,(H,20,21). The zero-order valence-electron chi connectivity index (χ0n) is 11.9. The third-order valence-corrected chi connectivity index (χ3v) is 4.88. The van der Waals surface area contributed by atoms with Crippen molar-refractivity contribution in [3.8, 4) is 5.69 Å². The van der Waals surface area contributed by atoms with E-state index in [2.05, 4.69) is 10.1 Å². The molecular formula is C15H12N4O3S. The molecule has 0 amide bonds. The summed E-state index contributed by atoms with van der Waals surface area (Å²) >= 11 is 1.40. The fraction of sp³-hybridized carbons (Fsp3) is 0.200. The van der Waals surface area contributed by atoms with Gasteiger partial charge < -0.3 is 5.11 Å². The lowest BCUT2D eigenvalue weighted by Crippen LogP contribution is -2.26. The van der Waals surface area contributed by atoms with Crippen molar-refractivity contribution < 1.29 is 9.90 Å². The highest BCUT2D eigenvalue weighted by molar-refractivity contribution is 7.99. The molecule has 0 bridgehead atoms. The molecule has 0 saturated heterocycles. The van der Waals surface area contributed by atoms with Gasteiger partial charge >= 0.3 is 5.97 Å². The Bertz CT molecular complexity index is 964. The van der Waals surface area contributed by atoms with Crippen LogP contribution in [0.4, 0.5) is 0 Å². The fourth-order valence-electron chi connectivity index (χ4n) is 2.74. The number of aliphatic carboxylic acids is 1. The number of carboxylic acids is 1. The van der Waals surface area contributed by atoms with Gasteiger partial charge in [0.1, 0.15) is 5.39 Å². The maximum absolute atomic E-state index is 12.7. The van der Waals surface area contributed by atoms with Crippen LogP contribution in [0.25, 0.3) is 16.7 Å². The minimum absolute atomic E-state index is 0.0834. The van der Waals surface area contributed by atoms with Crippen molar-refractivity contribution in [2.24, 2.45) is 0 Å². The third-order valence-electron chi connectivity index (χ3n) is 3.78. The Kier molecular flexibility index (Phi) is 3.19. The molecule has 3 aromatic rings. The number of hydrogen-bond acceptors (Lipinski definition) is 5. The number of hydrogen-bond donors (Lipinski definition) is 1. The lowest BCUT2D eigenvalue weighted by atomic mass is 10.2. The number of para-hydroxylation sites is 1. The molecule has 1 atom stereocenters. The average molecular weight is 328 g/mol. The monoisotopic (exact) mass is 328 g/mol. The van der Waals surface area contributed by atoms with Gasteiger partial charge in [0.2, 0.25) is 0 Å². The maximum atomic E-state index is 12.7. The van der Waals surface area contributed by atoms with E-state index in [0.29, 0.717) is 21.9 Å². The molecule has 8 heteroatoms. The van der Waals surface area contributed by atoms with Gasteiger partial charge in [0.05, 0.1) is 24.3 Å². The molecule has 3 heterocycles. The highest BCUT2D eigenvalue weighted by atomic mass is 32.2. The molecule has 1 aliphatic rings. The summed E-state index contributed by atoms with van der Waals surface area (Å²) in [5.74, 6) is -0.379. The Morgan fingerprint density at radius 1 is 1.35 bits per heavy atom. The van der Waals surface area contributed by atoms with Gasteiger partial charge in [0, 0.05) is 5.75 Å². The Morgan fingerprint density at radius 3 is 2.87 bits per heavy atom. The first-order valence-electron chi connectivity index (χ1n) is 7.05. The highest BCUT2D eigenvalue weighted by Crippen LogP contribution is 2.33. The van der Waals surface area contributed by atoms with E-state index in [1.807, 2.05) is 30.3 Å². The van der Waals surface area contributed by atoms with Crippen LogP contribution in [0.2, 0.25) is 0 Å². The number of carboxylic acid groups (broad SMARTS) is 1. The number of benzene rings is 1. The Hall–Kier alpha value is -2.61. The first kappa shape index (κ1) is 14.0. The van der Waals surface area contributed by atoms with E-state index in [9.17, 15) is 9.59 Å². The molecule has 2 aromatic heterocycles. The van der Waals surface area contributed by atoms with E-state index in [1.165, 1.54) is 22.5 Å². The number of aromatic nitrogens is 4. The number of fused-ring (bicyclic) bond motifs is 2. The number of rotatable bonds is 3. The summed E-state index contributed by atoms with van der Waals surface area (Å²) in [5, 5.41) is 14.2. The summed E-state index contributed by atoms with van der Waals surface area (Å²) in [5.41, 5.74) is 1.09. The Balaban J connectivity index is 1.91. The van der Waals surface area contributed by atoms with Crippen molar-refractivity contribution in [2.45, 2.75) is 17.6 Å². The predicted octanol–water partition coefficient (Wildman–Crippen LogP) is 1.70. The van der Waals surface area contributed by atoms with Crippen LogP contribution in [0, 0.1) is 0 Å². The molecule has 0 spiro atoms. The van der Waals surface area contributed by atoms with Crippen LogP contribution in [0.3, 0.4) is 0 Å². The van der Waals surface area contributed by atoms with Crippen LogP contribution < -0.4 is 5.56 Å². The first-order chi connectivity index (χ1) is 11.1. The largest absolute Gasteiger partial charge is 0.481 e. The number of nitrogens with zero attached hydrogens (tertiary/aromatic N) is 4. The molecule has 4 rings (SSSR count). The molecular weight excluding hydrogens is 316 g/mol. The normalized spacial score (nSPS) is 16.6. The van der Waals surface area contributed by atoms with Crippen molar-refractivity contribution in [3.63, 3.8) is 0 Å². The van der Waals surface area contributed by atoms with Crippen molar-refractivity contribution in [3.05, 3.63) is 46.9 Å². The second-order valence-corrected chi connectivity index (χ2v) is 6.25. The highest BCUT2D eigenvalue weighted by Gasteiger charge is 2.29. The molecule has 1 aliphatic heterocycles. The fourth-order valence-corrected chi connectivity index (χ4v) is 3.87. The van der Waals surface area contributed by atoms with Crippen LogP contribution in [-0.2, 0) is 4.79 Å². The smallest absolute Gasteiger partial charge is 0.305 e.